The number of carboxylic acids is 1. The third-order valence-electron chi connectivity index (χ3n) is 4.54. The Morgan fingerprint density at radius 1 is 1.16 bits per heavy atom. The minimum Gasteiger partial charge on any atom is -0.489 e. The van der Waals surface area contributed by atoms with Crippen molar-refractivity contribution in [2.75, 3.05) is 20.8 Å². The van der Waals surface area contributed by atoms with Crippen LogP contribution in [0.15, 0.2) is 22.7 Å². The molecule has 1 amide bonds. The molecule has 2 aliphatic rings. The third kappa shape index (κ3) is 3.42. The summed E-state index contributed by atoms with van der Waals surface area (Å²) in [5.74, 6) is -2.63. The molecule has 0 unspecified atom stereocenters. The molecule has 8 heteroatoms. The van der Waals surface area contributed by atoms with Crippen molar-refractivity contribution in [3.8, 4) is 0 Å². The van der Waals surface area contributed by atoms with Gasteiger partial charge in [-0.15, -0.1) is 0 Å². The number of nitrogens with zero attached hydrogens (tertiary/aromatic N) is 1. The zero-order chi connectivity index (χ0) is 18.7. The standard InChI is InChI=1S/C17H21NO7/c1-9-10(14(21)16(25-3)15(24-2)13(9)20)6-7-12(19)18-8-4-5-11(18)17(22)23/h11H,4-8H2,1-3H3,(H,22,23)/t11-/m0/s1. The van der Waals surface area contributed by atoms with Gasteiger partial charge in [-0.25, -0.2) is 4.79 Å². The fourth-order valence-electron chi connectivity index (χ4n) is 3.19. The highest BCUT2D eigenvalue weighted by molar-refractivity contribution is 6.23. The SMILES string of the molecule is COC1=C(OC)C(=O)C(CCC(=O)N2CCC[C@H]2C(=O)O)=C(C)C1=O. The predicted molar refractivity (Wildman–Crippen MR) is 85.4 cm³/mol. The Morgan fingerprint density at radius 3 is 2.32 bits per heavy atom. The number of amides is 1. The molecule has 0 spiro atoms. The van der Waals surface area contributed by atoms with Gasteiger partial charge in [0.1, 0.15) is 6.04 Å². The van der Waals surface area contributed by atoms with E-state index in [1.807, 2.05) is 0 Å². The van der Waals surface area contributed by atoms with E-state index in [0.29, 0.717) is 19.4 Å². The first-order valence-electron chi connectivity index (χ1n) is 7.97. The number of allylic oxidation sites excluding steroid dienone is 2. The molecule has 1 fully saturated rings. The fraction of sp³-hybridized carbons (Fsp3) is 0.529. The summed E-state index contributed by atoms with van der Waals surface area (Å²) in [6, 6.07) is -0.819. The average Bonchev–Trinajstić information content (AvgIpc) is 3.07. The van der Waals surface area contributed by atoms with Gasteiger partial charge in [0.05, 0.1) is 14.2 Å². The van der Waals surface area contributed by atoms with Gasteiger partial charge in [-0.2, -0.15) is 0 Å². The Hall–Kier alpha value is -2.64. The summed E-state index contributed by atoms with van der Waals surface area (Å²) in [4.78, 5) is 49.6. The van der Waals surface area contributed by atoms with Crippen LogP contribution in [0.25, 0.3) is 0 Å². The fourth-order valence-corrected chi connectivity index (χ4v) is 3.19. The van der Waals surface area contributed by atoms with Crippen molar-refractivity contribution in [1.82, 2.24) is 4.90 Å². The smallest absolute Gasteiger partial charge is 0.326 e. The summed E-state index contributed by atoms with van der Waals surface area (Å²) < 4.78 is 9.94. The number of carbonyl (C=O) groups is 4. The molecule has 1 saturated heterocycles. The third-order valence-corrected chi connectivity index (χ3v) is 4.54. The van der Waals surface area contributed by atoms with Gasteiger partial charge < -0.3 is 19.5 Å². The van der Waals surface area contributed by atoms with Crippen LogP contribution in [0.4, 0.5) is 0 Å². The molecule has 1 aliphatic carbocycles. The molecule has 0 aromatic rings. The number of hydrogen-bond donors (Lipinski definition) is 1. The van der Waals surface area contributed by atoms with Crippen molar-refractivity contribution in [1.29, 1.82) is 0 Å². The van der Waals surface area contributed by atoms with Crippen LogP contribution in [-0.4, -0.2) is 60.3 Å². The molecule has 136 valence electrons. The summed E-state index contributed by atoms with van der Waals surface area (Å²) in [6.07, 6.45) is 1.06. The molecule has 1 heterocycles. The van der Waals surface area contributed by atoms with E-state index >= 15 is 0 Å². The van der Waals surface area contributed by atoms with Crippen molar-refractivity contribution in [3.63, 3.8) is 0 Å². The first-order valence-corrected chi connectivity index (χ1v) is 7.97. The van der Waals surface area contributed by atoms with E-state index in [2.05, 4.69) is 0 Å². The van der Waals surface area contributed by atoms with Gasteiger partial charge in [-0.1, -0.05) is 0 Å². The molecule has 25 heavy (non-hydrogen) atoms. The molecule has 0 aromatic heterocycles. The van der Waals surface area contributed by atoms with Gasteiger partial charge in [-0.05, 0) is 26.2 Å². The van der Waals surface area contributed by atoms with Crippen molar-refractivity contribution in [2.45, 2.75) is 38.6 Å². The van der Waals surface area contributed by atoms with Gasteiger partial charge in [0.25, 0.3) is 0 Å². The lowest BCUT2D eigenvalue weighted by Crippen LogP contribution is -2.40. The molecule has 0 radical (unpaired) electrons. The van der Waals surface area contributed by atoms with Crippen LogP contribution in [0.3, 0.4) is 0 Å². The number of aliphatic carboxylic acids is 1. The first kappa shape index (κ1) is 18.7. The maximum Gasteiger partial charge on any atom is 0.326 e. The highest BCUT2D eigenvalue weighted by atomic mass is 16.5. The normalized spacial score (nSPS) is 21.1. The van der Waals surface area contributed by atoms with E-state index in [9.17, 15) is 19.2 Å². The van der Waals surface area contributed by atoms with Crippen LogP contribution in [0, 0.1) is 0 Å². The molecule has 0 saturated carbocycles. The van der Waals surface area contributed by atoms with Gasteiger partial charge in [0, 0.05) is 24.1 Å². The van der Waals surface area contributed by atoms with Crippen LogP contribution < -0.4 is 0 Å². The van der Waals surface area contributed by atoms with Crippen molar-refractivity contribution in [3.05, 3.63) is 22.7 Å². The van der Waals surface area contributed by atoms with E-state index in [-0.39, 0.29) is 41.4 Å². The lowest BCUT2D eigenvalue weighted by molar-refractivity contribution is -0.148. The second-order valence-corrected chi connectivity index (χ2v) is 5.91. The summed E-state index contributed by atoms with van der Waals surface area (Å²) in [6.45, 7) is 1.89. The van der Waals surface area contributed by atoms with Gasteiger partial charge >= 0.3 is 5.97 Å². The Morgan fingerprint density at radius 2 is 1.76 bits per heavy atom. The van der Waals surface area contributed by atoms with Gasteiger partial charge in [0.15, 0.2) is 0 Å². The van der Waals surface area contributed by atoms with E-state index < -0.39 is 23.6 Å². The number of methoxy groups -OCH3 is 2. The minimum atomic E-state index is -1.03. The van der Waals surface area contributed by atoms with Crippen molar-refractivity contribution < 1.29 is 33.8 Å². The second-order valence-electron chi connectivity index (χ2n) is 5.91. The second kappa shape index (κ2) is 7.50. The molecule has 8 nitrogen and oxygen atoms in total. The summed E-state index contributed by atoms with van der Waals surface area (Å²) >= 11 is 0. The molecule has 0 bridgehead atoms. The zero-order valence-electron chi connectivity index (χ0n) is 14.5. The lowest BCUT2D eigenvalue weighted by Gasteiger charge is -2.23. The largest absolute Gasteiger partial charge is 0.489 e. The van der Waals surface area contributed by atoms with Crippen molar-refractivity contribution in [2.24, 2.45) is 0 Å². The maximum atomic E-state index is 12.5. The molecular weight excluding hydrogens is 330 g/mol. The number of hydrogen-bond acceptors (Lipinski definition) is 6. The first-order chi connectivity index (χ1) is 11.8. The van der Waals surface area contributed by atoms with Crippen molar-refractivity contribution >= 4 is 23.4 Å². The Bertz CT molecular complexity index is 689. The van der Waals surface area contributed by atoms with Crippen LogP contribution in [-0.2, 0) is 28.7 Å². The number of likely N-dealkylation sites (tertiary alicyclic amines) is 1. The summed E-state index contributed by atoms with van der Waals surface area (Å²) in [5, 5.41) is 9.15. The number of carboxylic acid groups (broad SMARTS) is 1. The molecule has 1 aliphatic heterocycles. The van der Waals surface area contributed by atoms with Crippen LogP contribution in [0.5, 0.6) is 0 Å². The van der Waals surface area contributed by atoms with Gasteiger partial charge in [-0.3, -0.25) is 14.4 Å². The summed E-state index contributed by atoms with van der Waals surface area (Å²) in [5.41, 5.74) is 0.411. The van der Waals surface area contributed by atoms with E-state index in [0.717, 1.165) is 0 Å². The van der Waals surface area contributed by atoms with E-state index in [1.165, 1.54) is 26.0 Å². The summed E-state index contributed by atoms with van der Waals surface area (Å²) in [7, 11) is 2.55. The molecular formula is C17H21NO7. The maximum absolute atomic E-state index is 12.5. The Kier molecular flexibility index (Phi) is 5.61. The van der Waals surface area contributed by atoms with Crippen LogP contribution in [0.2, 0.25) is 0 Å². The van der Waals surface area contributed by atoms with E-state index in [4.69, 9.17) is 14.6 Å². The topological polar surface area (TPSA) is 110 Å². The number of carbonyl (C=O) groups excluding carboxylic acids is 3. The Labute approximate surface area is 145 Å². The Balaban J connectivity index is 2.13. The van der Waals surface area contributed by atoms with E-state index in [1.54, 1.807) is 0 Å². The number of ether oxygens (including phenoxy) is 2. The zero-order valence-corrected chi connectivity index (χ0v) is 14.5. The molecule has 1 atom stereocenters. The average molecular weight is 351 g/mol. The predicted octanol–water partition coefficient (Wildman–Crippen LogP) is 0.815. The van der Waals surface area contributed by atoms with Crippen LogP contribution >= 0.6 is 0 Å². The number of Topliss-reactive ketones (excluding diaryl/α,β-unsaturated/α-hetero) is 2. The number of ketones is 2. The minimum absolute atomic E-state index is 0.0436. The van der Waals surface area contributed by atoms with Crippen LogP contribution in [0.1, 0.15) is 32.6 Å². The lowest BCUT2D eigenvalue weighted by atomic mass is 9.90. The molecule has 0 aromatic carbocycles. The monoisotopic (exact) mass is 351 g/mol. The molecule has 2 rings (SSSR count). The number of rotatable bonds is 6. The highest BCUT2D eigenvalue weighted by Gasteiger charge is 2.37. The highest BCUT2D eigenvalue weighted by Crippen LogP contribution is 2.29. The quantitative estimate of drug-likeness (QED) is 0.705. The molecule has 1 N–H and O–H groups in total. The van der Waals surface area contributed by atoms with Gasteiger partial charge in [0.2, 0.25) is 29.0 Å².